The van der Waals surface area contributed by atoms with Gasteiger partial charge in [-0.25, -0.2) is 4.79 Å². The van der Waals surface area contributed by atoms with Crippen LogP contribution >= 0.6 is 0 Å². The molecule has 0 aliphatic rings. The smallest absolute Gasteiger partial charge is 0.336 e. The number of hydrogen-bond acceptors (Lipinski definition) is 6. The number of esters is 2. The molecule has 1 unspecified atom stereocenters. The minimum Gasteiger partial charge on any atom is -0.469 e. The van der Waals surface area contributed by atoms with Crippen LogP contribution in [0, 0.1) is 0 Å². The van der Waals surface area contributed by atoms with Crippen LogP contribution in [0.2, 0.25) is 0 Å². The highest BCUT2D eigenvalue weighted by Crippen LogP contribution is 2.21. The van der Waals surface area contributed by atoms with E-state index in [0.717, 1.165) is 10.8 Å². The van der Waals surface area contributed by atoms with Gasteiger partial charge in [-0.3, -0.25) is 9.80 Å². The molecule has 0 fully saturated rings. The third-order valence-electron chi connectivity index (χ3n) is 3.55. The van der Waals surface area contributed by atoms with E-state index in [1.54, 1.807) is 26.1 Å². The van der Waals surface area contributed by atoms with Crippen molar-refractivity contribution in [1.82, 2.24) is 5.01 Å². The van der Waals surface area contributed by atoms with Crippen LogP contribution in [0.1, 0.15) is 13.3 Å². The van der Waals surface area contributed by atoms with Crippen LogP contribution in [0.15, 0.2) is 47.6 Å². The van der Waals surface area contributed by atoms with Gasteiger partial charge in [0.15, 0.2) is 6.04 Å². The van der Waals surface area contributed by atoms with E-state index in [1.165, 1.54) is 18.3 Å². The third-order valence-corrected chi connectivity index (χ3v) is 3.55. The molecule has 0 aromatic heterocycles. The predicted molar refractivity (Wildman–Crippen MR) is 91.9 cm³/mol. The van der Waals surface area contributed by atoms with Crippen molar-refractivity contribution in [1.29, 1.82) is 0 Å². The Bertz CT molecular complexity index is 758. The molecule has 0 radical (unpaired) electrons. The molecule has 0 aliphatic carbocycles. The topological polar surface area (TPSA) is 68.2 Å². The second kappa shape index (κ2) is 8.10. The monoisotopic (exact) mass is 328 g/mol. The van der Waals surface area contributed by atoms with E-state index in [9.17, 15) is 9.59 Å². The zero-order chi connectivity index (χ0) is 17.5. The van der Waals surface area contributed by atoms with Crippen molar-refractivity contribution in [2.75, 3.05) is 14.2 Å². The largest absolute Gasteiger partial charge is 0.469 e. The van der Waals surface area contributed by atoms with Gasteiger partial charge in [0, 0.05) is 13.3 Å². The zero-order valence-corrected chi connectivity index (χ0v) is 13.9. The standard InChI is InChI=1S/C18H20N2O4/c1-4-19-20(2)16(12-17(21)23-3)18(22)24-15-10-9-13-7-5-6-8-14(13)11-15/h4-11,16H,12H2,1-3H3/b19-4+. The molecule has 6 nitrogen and oxygen atoms in total. The Labute approximate surface area is 140 Å². The Morgan fingerprint density at radius 3 is 2.58 bits per heavy atom. The van der Waals surface area contributed by atoms with Crippen LogP contribution in [-0.4, -0.2) is 43.4 Å². The van der Waals surface area contributed by atoms with Crippen LogP contribution in [0.4, 0.5) is 0 Å². The first-order chi connectivity index (χ1) is 11.5. The van der Waals surface area contributed by atoms with Crippen molar-refractivity contribution in [3.8, 4) is 5.75 Å². The van der Waals surface area contributed by atoms with Crippen molar-refractivity contribution in [3.05, 3.63) is 42.5 Å². The number of carbonyl (C=O) groups excluding carboxylic acids is 2. The summed E-state index contributed by atoms with van der Waals surface area (Å²) in [4.78, 5) is 24.0. The van der Waals surface area contributed by atoms with Crippen LogP contribution in [0.5, 0.6) is 5.75 Å². The summed E-state index contributed by atoms with van der Waals surface area (Å²) in [7, 11) is 2.88. The minimum absolute atomic E-state index is 0.142. The van der Waals surface area contributed by atoms with Crippen molar-refractivity contribution < 1.29 is 19.1 Å². The average molecular weight is 328 g/mol. The van der Waals surface area contributed by atoms with Crippen LogP contribution < -0.4 is 4.74 Å². The number of hydrogen-bond donors (Lipinski definition) is 0. The molecule has 2 aromatic rings. The molecule has 126 valence electrons. The van der Waals surface area contributed by atoms with E-state index in [4.69, 9.17) is 4.74 Å². The highest BCUT2D eigenvalue weighted by atomic mass is 16.5. The predicted octanol–water partition coefficient (Wildman–Crippen LogP) is 2.61. The summed E-state index contributed by atoms with van der Waals surface area (Å²) in [5.41, 5.74) is 0. The first kappa shape index (κ1) is 17.5. The lowest BCUT2D eigenvalue weighted by atomic mass is 10.1. The highest BCUT2D eigenvalue weighted by Gasteiger charge is 2.28. The fourth-order valence-electron chi connectivity index (χ4n) is 2.29. The van der Waals surface area contributed by atoms with Gasteiger partial charge in [0.05, 0.1) is 13.5 Å². The van der Waals surface area contributed by atoms with E-state index in [2.05, 4.69) is 9.84 Å². The second-order valence-electron chi connectivity index (χ2n) is 5.17. The van der Waals surface area contributed by atoms with Gasteiger partial charge in [0.2, 0.25) is 0 Å². The molecular formula is C18H20N2O4. The number of methoxy groups -OCH3 is 1. The van der Waals surface area contributed by atoms with Gasteiger partial charge < -0.3 is 9.47 Å². The molecule has 0 heterocycles. The van der Waals surface area contributed by atoms with Crippen LogP contribution in [0.3, 0.4) is 0 Å². The molecule has 0 aliphatic heterocycles. The number of benzene rings is 2. The normalized spacial score (nSPS) is 12.1. The number of ether oxygens (including phenoxy) is 2. The first-order valence-corrected chi connectivity index (χ1v) is 7.54. The lowest BCUT2D eigenvalue weighted by Crippen LogP contribution is -2.40. The molecule has 0 saturated heterocycles. The Morgan fingerprint density at radius 2 is 1.92 bits per heavy atom. The fraction of sp³-hybridized carbons (Fsp3) is 0.278. The van der Waals surface area contributed by atoms with Gasteiger partial charge in [-0.2, -0.15) is 5.10 Å². The van der Waals surface area contributed by atoms with Crippen molar-refractivity contribution in [2.24, 2.45) is 5.10 Å². The summed E-state index contributed by atoms with van der Waals surface area (Å²) < 4.78 is 10.1. The van der Waals surface area contributed by atoms with Crippen molar-refractivity contribution in [3.63, 3.8) is 0 Å². The number of fused-ring (bicyclic) bond motifs is 1. The maximum Gasteiger partial charge on any atom is 0.336 e. The van der Waals surface area contributed by atoms with E-state index < -0.39 is 18.0 Å². The molecule has 0 N–H and O–H groups in total. The van der Waals surface area contributed by atoms with Gasteiger partial charge in [0.25, 0.3) is 0 Å². The molecule has 24 heavy (non-hydrogen) atoms. The van der Waals surface area contributed by atoms with Gasteiger partial charge >= 0.3 is 11.9 Å². The molecule has 6 heteroatoms. The number of likely N-dealkylation sites (N-methyl/N-ethyl adjacent to an activating group) is 1. The summed E-state index contributed by atoms with van der Waals surface area (Å²) in [6.45, 7) is 1.72. The maximum absolute atomic E-state index is 12.5. The lowest BCUT2D eigenvalue weighted by Gasteiger charge is -2.22. The van der Waals surface area contributed by atoms with Crippen LogP contribution in [-0.2, 0) is 14.3 Å². The second-order valence-corrected chi connectivity index (χ2v) is 5.17. The molecular weight excluding hydrogens is 308 g/mol. The number of carbonyl (C=O) groups is 2. The Morgan fingerprint density at radius 1 is 1.21 bits per heavy atom. The van der Waals surface area contributed by atoms with E-state index in [1.807, 2.05) is 30.3 Å². The average Bonchev–Trinajstić information content (AvgIpc) is 2.59. The summed E-state index contributed by atoms with van der Waals surface area (Å²) >= 11 is 0. The van der Waals surface area contributed by atoms with Gasteiger partial charge in [0.1, 0.15) is 5.75 Å². The van der Waals surface area contributed by atoms with E-state index >= 15 is 0 Å². The summed E-state index contributed by atoms with van der Waals surface area (Å²) in [5, 5.41) is 7.43. The highest BCUT2D eigenvalue weighted by molar-refractivity contribution is 5.87. The third kappa shape index (κ3) is 4.32. The minimum atomic E-state index is -0.861. The number of nitrogens with zero attached hydrogens (tertiary/aromatic N) is 2. The zero-order valence-electron chi connectivity index (χ0n) is 13.9. The molecule has 0 saturated carbocycles. The fourth-order valence-corrected chi connectivity index (χ4v) is 2.29. The molecule has 2 rings (SSSR count). The van der Waals surface area contributed by atoms with Gasteiger partial charge in [-0.15, -0.1) is 0 Å². The van der Waals surface area contributed by atoms with Gasteiger partial charge in [-0.05, 0) is 29.8 Å². The lowest BCUT2D eigenvalue weighted by molar-refractivity contribution is -0.149. The molecule has 0 bridgehead atoms. The molecule has 1 atom stereocenters. The molecule has 0 amide bonds. The Kier molecular flexibility index (Phi) is 5.89. The van der Waals surface area contributed by atoms with E-state index in [-0.39, 0.29) is 6.42 Å². The summed E-state index contributed by atoms with van der Waals surface area (Å²) in [6.07, 6.45) is 1.39. The number of rotatable bonds is 6. The van der Waals surface area contributed by atoms with Crippen molar-refractivity contribution in [2.45, 2.75) is 19.4 Å². The number of hydrazone groups is 1. The van der Waals surface area contributed by atoms with E-state index in [0.29, 0.717) is 5.75 Å². The summed E-state index contributed by atoms with van der Waals surface area (Å²) in [5.74, 6) is -0.653. The van der Waals surface area contributed by atoms with Crippen molar-refractivity contribution >= 4 is 28.9 Å². The Balaban J connectivity index is 2.19. The van der Waals surface area contributed by atoms with Gasteiger partial charge in [-0.1, -0.05) is 30.3 Å². The quantitative estimate of drug-likeness (QED) is 0.353. The maximum atomic E-state index is 12.5. The van der Waals surface area contributed by atoms with Crippen LogP contribution in [0.25, 0.3) is 10.8 Å². The SMILES string of the molecule is C/C=N/N(C)C(CC(=O)OC)C(=O)Oc1ccc2ccccc2c1. The first-order valence-electron chi connectivity index (χ1n) is 7.54. The molecule has 2 aromatic carbocycles. The summed E-state index contributed by atoms with van der Waals surface area (Å²) in [6, 6.07) is 12.3. The Hall–Kier alpha value is -2.89. The molecule has 0 spiro atoms.